The van der Waals surface area contributed by atoms with Crippen molar-refractivity contribution < 1.29 is 27.3 Å². The van der Waals surface area contributed by atoms with Crippen LogP contribution in [0.3, 0.4) is 0 Å². The summed E-state index contributed by atoms with van der Waals surface area (Å²) in [6.07, 6.45) is 0. The molecule has 0 spiro atoms. The lowest BCUT2D eigenvalue weighted by Crippen LogP contribution is -2.50. The van der Waals surface area contributed by atoms with Crippen LogP contribution in [0, 0.1) is 5.82 Å². The van der Waals surface area contributed by atoms with Gasteiger partial charge in [0, 0.05) is 11.4 Å². The Bertz CT molecular complexity index is 532. The zero-order valence-corrected chi connectivity index (χ0v) is 14.2. The summed E-state index contributed by atoms with van der Waals surface area (Å²) in [5, 5.41) is 0. The Morgan fingerprint density at radius 3 is 2.26 bits per heavy atom. The van der Waals surface area contributed by atoms with Crippen LogP contribution in [0.4, 0.5) is 13.2 Å². The number of hydrogen-bond donors (Lipinski definition) is 1. The van der Waals surface area contributed by atoms with Crippen LogP contribution in [-0.2, 0) is 20.9 Å². The minimum absolute atomic E-state index is 0.0675. The molecule has 0 bridgehead atoms. The number of benzene rings is 1. The fourth-order valence-corrected chi connectivity index (χ4v) is 2.49. The molecular formula is C15H20F3NO3S. The highest BCUT2D eigenvalue weighted by atomic mass is 32.2. The normalized spacial score (nSPS) is 15.1. The molecule has 0 heterocycles. The van der Waals surface area contributed by atoms with E-state index in [4.69, 9.17) is 0 Å². The minimum atomic E-state index is -3.96. The number of nitrogens with one attached hydrogen (secondary N) is 1. The topological polar surface area (TPSA) is 61.4 Å². The largest absolute Gasteiger partial charge is 0.598 e. The first-order valence-corrected chi connectivity index (χ1v) is 8.13. The van der Waals surface area contributed by atoms with E-state index in [1.807, 2.05) is 0 Å². The summed E-state index contributed by atoms with van der Waals surface area (Å²) in [6.45, 7) is 5.98. The van der Waals surface area contributed by atoms with Crippen LogP contribution in [0.25, 0.3) is 0 Å². The maximum absolute atomic E-state index is 14.4. The Kier molecular flexibility index (Phi) is 6.49. The number of rotatable bonds is 6. The zero-order valence-electron chi connectivity index (χ0n) is 13.4. The van der Waals surface area contributed by atoms with Gasteiger partial charge in [-0.25, -0.2) is 9.18 Å². The molecule has 0 aromatic heterocycles. The lowest BCUT2D eigenvalue weighted by atomic mass is 10.0. The molecule has 1 N–H and O–H groups in total. The van der Waals surface area contributed by atoms with E-state index < -0.39 is 39.9 Å². The molecule has 1 rings (SSSR count). The highest BCUT2D eigenvalue weighted by molar-refractivity contribution is 7.90. The number of alkyl halides is 2. The van der Waals surface area contributed by atoms with Crippen LogP contribution in [0.2, 0.25) is 0 Å². The Balaban J connectivity index is 3.20. The summed E-state index contributed by atoms with van der Waals surface area (Å²) in [6, 6.07) is 2.30. The van der Waals surface area contributed by atoms with E-state index >= 15 is 0 Å². The molecule has 0 saturated carbocycles. The van der Waals surface area contributed by atoms with E-state index in [2.05, 4.69) is 9.46 Å². The van der Waals surface area contributed by atoms with Crippen molar-refractivity contribution in [2.45, 2.75) is 44.4 Å². The fourth-order valence-electron chi connectivity index (χ4n) is 1.64. The second-order valence-corrected chi connectivity index (χ2v) is 7.82. The summed E-state index contributed by atoms with van der Waals surface area (Å²) in [4.78, 5) is 11.6. The molecule has 1 unspecified atom stereocenters. The monoisotopic (exact) mass is 351 g/mol. The molecular weight excluding hydrogens is 331 g/mol. The maximum atomic E-state index is 14.4. The van der Waals surface area contributed by atoms with Crippen LogP contribution in [0.5, 0.6) is 0 Å². The third-order valence-electron chi connectivity index (χ3n) is 2.89. The Labute approximate surface area is 136 Å². The molecule has 130 valence electrons. The number of carbonyl (C=O) groups is 1. The van der Waals surface area contributed by atoms with E-state index in [1.54, 1.807) is 20.8 Å². The van der Waals surface area contributed by atoms with Crippen LogP contribution < -0.4 is 4.72 Å². The molecule has 0 amide bonds. The molecule has 23 heavy (non-hydrogen) atoms. The van der Waals surface area contributed by atoms with Gasteiger partial charge in [0.05, 0.1) is 6.61 Å². The molecule has 1 aromatic rings. The average molecular weight is 351 g/mol. The van der Waals surface area contributed by atoms with Gasteiger partial charge in [-0.1, -0.05) is 12.1 Å². The van der Waals surface area contributed by atoms with Crippen molar-refractivity contribution in [3.63, 3.8) is 0 Å². The summed E-state index contributed by atoms with van der Waals surface area (Å²) in [5.41, 5.74) is -0.0675. The van der Waals surface area contributed by atoms with Gasteiger partial charge in [0.15, 0.2) is 6.04 Å². The van der Waals surface area contributed by atoms with Crippen LogP contribution >= 0.6 is 0 Å². The first-order chi connectivity index (χ1) is 10.5. The van der Waals surface area contributed by atoms with Gasteiger partial charge in [-0.05, 0) is 45.4 Å². The van der Waals surface area contributed by atoms with Crippen LogP contribution in [-0.4, -0.2) is 27.8 Å². The highest BCUT2D eigenvalue weighted by Crippen LogP contribution is 2.34. The lowest BCUT2D eigenvalue weighted by Gasteiger charge is -2.31. The van der Waals surface area contributed by atoms with E-state index in [9.17, 15) is 22.5 Å². The molecule has 0 aliphatic rings. The second kappa shape index (κ2) is 7.55. The van der Waals surface area contributed by atoms with Crippen molar-refractivity contribution in [1.29, 1.82) is 0 Å². The van der Waals surface area contributed by atoms with E-state index in [0.717, 1.165) is 24.3 Å². The Hall–Kier alpha value is -1.25. The molecule has 4 nitrogen and oxygen atoms in total. The standard InChI is InChI=1S/C15H20F3NO3S/c1-5-22-13(20)15(17,18)12(19-23(21)14(2,3)4)10-6-8-11(16)9-7-10/h6-9,12,19H,5H2,1-4H3/t12?,23-/m0/s1. The number of ether oxygens (including phenoxy) is 1. The first-order valence-electron chi connectivity index (χ1n) is 6.98. The quantitative estimate of drug-likeness (QED) is 0.632. The van der Waals surface area contributed by atoms with Crippen molar-refractivity contribution in [2.75, 3.05) is 6.61 Å². The SMILES string of the molecule is CCOC(=O)C(F)(F)C(N[S@@+]([O-])C(C)(C)C)c1ccc(F)cc1. The third kappa shape index (κ3) is 5.12. The van der Waals surface area contributed by atoms with E-state index in [0.29, 0.717) is 0 Å². The maximum Gasteiger partial charge on any atom is 0.379 e. The predicted molar refractivity (Wildman–Crippen MR) is 81.8 cm³/mol. The number of halogens is 3. The van der Waals surface area contributed by atoms with Crippen molar-refractivity contribution in [1.82, 2.24) is 4.72 Å². The van der Waals surface area contributed by atoms with Crippen molar-refractivity contribution in [2.24, 2.45) is 0 Å². The van der Waals surface area contributed by atoms with Gasteiger partial charge in [0.2, 0.25) is 0 Å². The zero-order chi connectivity index (χ0) is 17.8. The van der Waals surface area contributed by atoms with Crippen LogP contribution in [0.15, 0.2) is 24.3 Å². The molecule has 1 aromatic carbocycles. The summed E-state index contributed by atoms with van der Waals surface area (Å²) in [5.74, 6) is -6.30. The minimum Gasteiger partial charge on any atom is -0.598 e. The molecule has 0 saturated heterocycles. The summed E-state index contributed by atoms with van der Waals surface area (Å²) in [7, 11) is 0. The molecule has 0 fully saturated rings. The summed E-state index contributed by atoms with van der Waals surface area (Å²) >= 11 is -1.87. The van der Waals surface area contributed by atoms with Gasteiger partial charge >= 0.3 is 11.9 Å². The number of carbonyl (C=O) groups excluding carboxylic acids is 1. The third-order valence-corrected chi connectivity index (χ3v) is 4.46. The molecule has 8 heteroatoms. The fraction of sp³-hybridized carbons (Fsp3) is 0.533. The van der Waals surface area contributed by atoms with Gasteiger partial charge in [0.1, 0.15) is 10.6 Å². The van der Waals surface area contributed by atoms with Gasteiger partial charge in [0.25, 0.3) is 0 Å². The highest BCUT2D eigenvalue weighted by Gasteiger charge is 2.52. The molecule has 0 radical (unpaired) electrons. The number of esters is 1. The van der Waals surface area contributed by atoms with Gasteiger partial charge in [-0.2, -0.15) is 8.78 Å². The Morgan fingerprint density at radius 2 is 1.83 bits per heavy atom. The molecule has 0 aliphatic heterocycles. The van der Waals surface area contributed by atoms with Gasteiger partial charge in [-0.3, -0.25) is 0 Å². The van der Waals surface area contributed by atoms with Crippen molar-refractivity contribution in [3.8, 4) is 0 Å². The van der Waals surface area contributed by atoms with E-state index in [1.165, 1.54) is 6.92 Å². The average Bonchev–Trinajstić information content (AvgIpc) is 2.44. The van der Waals surface area contributed by atoms with Crippen molar-refractivity contribution >= 4 is 17.3 Å². The summed E-state index contributed by atoms with van der Waals surface area (Å²) < 4.78 is 59.9. The smallest absolute Gasteiger partial charge is 0.379 e. The van der Waals surface area contributed by atoms with Gasteiger partial charge in [-0.15, -0.1) is 4.72 Å². The van der Waals surface area contributed by atoms with Crippen LogP contribution in [0.1, 0.15) is 39.3 Å². The number of hydrogen-bond acceptors (Lipinski definition) is 4. The van der Waals surface area contributed by atoms with Gasteiger partial charge < -0.3 is 9.29 Å². The Morgan fingerprint density at radius 1 is 1.30 bits per heavy atom. The first kappa shape index (κ1) is 19.8. The predicted octanol–water partition coefficient (Wildman–Crippen LogP) is 3.12. The van der Waals surface area contributed by atoms with E-state index in [-0.39, 0.29) is 12.2 Å². The molecule has 0 aliphatic carbocycles. The lowest BCUT2D eigenvalue weighted by molar-refractivity contribution is -0.175. The molecule has 2 atom stereocenters. The second-order valence-electron chi connectivity index (χ2n) is 5.83. The van der Waals surface area contributed by atoms with Crippen molar-refractivity contribution in [3.05, 3.63) is 35.6 Å².